The molecule has 0 saturated carbocycles. The van der Waals surface area contributed by atoms with Gasteiger partial charge in [-0.1, -0.05) is 143 Å². The fourth-order valence-electron chi connectivity index (χ4n) is 4.12. The molecule has 0 atom stereocenters. The molecule has 5 aromatic carbocycles. The van der Waals surface area contributed by atoms with E-state index < -0.39 is 26.2 Å². The number of hydrogen-bond donors (Lipinski definition) is 0. The van der Waals surface area contributed by atoms with Gasteiger partial charge in [-0.15, -0.1) is 0 Å². The van der Waals surface area contributed by atoms with Crippen LogP contribution in [0, 0.1) is 0 Å². The monoisotopic (exact) mass is 499 g/mol. The minimum absolute atomic E-state index is 0.0522. The third-order valence-electron chi connectivity index (χ3n) is 5.47. The Morgan fingerprint density at radius 1 is 0.531 bits per heavy atom. The molecule has 0 heterocycles. The summed E-state index contributed by atoms with van der Waals surface area (Å²) in [6.07, 6.45) is 0. The minimum atomic E-state index is -3.57. The van der Waals surface area contributed by atoms with E-state index >= 15 is 0 Å². The lowest BCUT2D eigenvalue weighted by Crippen LogP contribution is -2.74. The van der Waals surface area contributed by atoms with E-state index in [0.29, 0.717) is 15.9 Å². The Balaban J connectivity index is 1.99. The normalized spacial score (nSPS) is 15.2. The van der Waals surface area contributed by atoms with E-state index in [9.17, 15) is 1.37 Å². The van der Waals surface area contributed by atoms with Crippen molar-refractivity contribution in [3.8, 4) is 11.1 Å². The van der Waals surface area contributed by atoms with E-state index in [2.05, 4.69) is 15.9 Å². The van der Waals surface area contributed by atoms with Crippen LogP contribution in [-0.2, 0) is 0 Å². The number of halogens is 1. The number of benzene rings is 5. The molecular weight excluding hydrogens is 468 g/mol. The van der Waals surface area contributed by atoms with Crippen molar-refractivity contribution in [2.24, 2.45) is 0 Å². The van der Waals surface area contributed by atoms with Gasteiger partial charge in [0.25, 0.3) is 0 Å². The van der Waals surface area contributed by atoms with Crippen molar-refractivity contribution in [2.45, 2.75) is 0 Å². The molecule has 0 saturated heterocycles. The second kappa shape index (κ2) is 9.11. The summed E-state index contributed by atoms with van der Waals surface area (Å²) < 4.78 is 76.9. The Morgan fingerprint density at radius 2 is 1.16 bits per heavy atom. The molecule has 0 bridgehead atoms. The van der Waals surface area contributed by atoms with Crippen molar-refractivity contribution in [1.29, 1.82) is 0 Å². The van der Waals surface area contributed by atoms with Gasteiger partial charge in [-0.2, -0.15) is 0 Å². The summed E-state index contributed by atoms with van der Waals surface area (Å²) in [7, 11) is -3.57. The molecule has 0 aliphatic rings. The Labute approximate surface area is 212 Å². The van der Waals surface area contributed by atoms with Crippen molar-refractivity contribution >= 4 is 44.8 Å². The summed E-state index contributed by atoms with van der Waals surface area (Å²) in [5, 5.41) is 2.68. The van der Waals surface area contributed by atoms with E-state index in [1.165, 1.54) is 0 Å². The molecule has 0 fully saturated rings. The van der Waals surface area contributed by atoms with E-state index in [-0.39, 0.29) is 46.3 Å². The predicted octanol–water partition coefficient (Wildman–Crippen LogP) is 5.49. The molecule has 0 amide bonds. The van der Waals surface area contributed by atoms with Crippen LogP contribution < -0.4 is 20.7 Å². The largest absolute Gasteiger partial charge is 0.179 e. The van der Waals surface area contributed by atoms with Crippen LogP contribution in [0.2, 0.25) is 0 Å². The fourth-order valence-corrected chi connectivity index (χ4v) is 9.13. The van der Waals surface area contributed by atoms with Crippen LogP contribution in [0.25, 0.3) is 11.1 Å². The van der Waals surface area contributed by atoms with Gasteiger partial charge in [0.15, 0.2) is 8.07 Å². The quantitative estimate of drug-likeness (QED) is 0.221. The van der Waals surface area contributed by atoms with Crippen LogP contribution in [0.15, 0.2) is 144 Å². The average Bonchev–Trinajstić information content (AvgIpc) is 3.00. The van der Waals surface area contributed by atoms with Crippen LogP contribution in [0.1, 0.15) is 12.3 Å². The van der Waals surface area contributed by atoms with Crippen molar-refractivity contribution in [1.82, 2.24) is 0 Å². The van der Waals surface area contributed by atoms with E-state index in [4.69, 9.17) is 11.0 Å². The van der Waals surface area contributed by atoms with Gasteiger partial charge in [-0.25, -0.2) is 0 Å². The van der Waals surface area contributed by atoms with Crippen LogP contribution in [0.3, 0.4) is 0 Å². The highest BCUT2D eigenvalue weighted by Crippen LogP contribution is 2.20. The SMILES string of the molecule is [2H]c1c([2H])c([2H])c(-c2cccc([Si](c3ccccc3)(c3ccccc3)c3c([2H])c([2H])c([2H])c(Br)c3[2H])c2)c([2H])c1[2H]. The van der Waals surface area contributed by atoms with Crippen molar-refractivity contribution in [3.63, 3.8) is 0 Å². The molecule has 5 rings (SSSR count). The Bertz CT molecular complexity index is 1700. The Kier molecular flexibility index (Phi) is 3.63. The first kappa shape index (κ1) is 12.7. The summed E-state index contributed by atoms with van der Waals surface area (Å²) in [5.74, 6) is 0. The smallest absolute Gasteiger partial charge is 0.0623 e. The Hall–Kier alpha value is -3.20. The van der Waals surface area contributed by atoms with Gasteiger partial charge >= 0.3 is 0 Å². The van der Waals surface area contributed by atoms with Gasteiger partial charge in [0.1, 0.15) is 0 Å². The lowest BCUT2D eigenvalue weighted by Gasteiger charge is -2.34. The van der Waals surface area contributed by atoms with Gasteiger partial charge in [0.05, 0.1) is 12.3 Å². The first-order valence-electron chi connectivity index (χ1n) is 14.6. The molecule has 0 N–H and O–H groups in total. The van der Waals surface area contributed by atoms with Gasteiger partial charge < -0.3 is 0 Å². The third-order valence-corrected chi connectivity index (χ3v) is 10.4. The summed E-state index contributed by atoms with van der Waals surface area (Å²) in [6.45, 7) is 0. The van der Waals surface area contributed by atoms with Crippen molar-refractivity contribution in [2.75, 3.05) is 0 Å². The first-order valence-corrected chi connectivity index (χ1v) is 12.9. The average molecular weight is 501 g/mol. The zero-order valence-corrected chi connectivity index (χ0v) is 19.5. The van der Waals surface area contributed by atoms with Crippen LogP contribution >= 0.6 is 15.9 Å². The van der Waals surface area contributed by atoms with Gasteiger partial charge in [-0.05, 0) is 44.0 Å². The summed E-state index contributed by atoms with van der Waals surface area (Å²) in [5.41, 5.74) is 0.464. The van der Waals surface area contributed by atoms with Gasteiger partial charge in [0.2, 0.25) is 0 Å². The van der Waals surface area contributed by atoms with Gasteiger partial charge in [-0.3, -0.25) is 0 Å². The van der Waals surface area contributed by atoms with Crippen LogP contribution in [0.5, 0.6) is 0 Å². The van der Waals surface area contributed by atoms with E-state index in [0.717, 1.165) is 10.4 Å². The molecule has 0 unspecified atom stereocenters. The highest BCUT2D eigenvalue weighted by atomic mass is 79.9. The molecule has 32 heavy (non-hydrogen) atoms. The number of hydrogen-bond acceptors (Lipinski definition) is 0. The third kappa shape index (κ3) is 3.77. The lowest BCUT2D eigenvalue weighted by atomic mass is 10.1. The first-order chi connectivity index (χ1) is 19.5. The summed E-state index contributed by atoms with van der Waals surface area (Å²) in [4.78, 5) is 0. The van der Waals surface area contributed by atoms with E-state index in [1.807, 2.05) is 66.7 Å². The molecule has 0 nitrogen and oxygen atoms in total. The maximum atomic E-state index is 9.18. The molecule has 5 aromatic rings. The zero-order valence-electron chi connectivity index (χ0n) is 26.0. The Morgan fingerprint density at radius 3 is 1.81 bits per heavy atom. The zero-order chi connectivity index (χ0) is 29.6. The molecule has 0 aliphatic carbocycles. The molecule has 0 aliphatic heterocycles. The molecule has 0 radical (unpaired) electrons. The van der Waals surface area contributed by atoms with E-state index in [1.54, 1.807) is 18.2 Å². The summed E-state index contributed by atoms with van der Waals surface area (Å²) in [6, 6.07) is 23.3. The lowest BCUT2D eigenvalue weighted by molar-refractivity contribution is 1.62. The molecular formula is C30H23BrSi. The molecule has 2 heteroatoms. The van der Waals surface area contributed by atoms with Gasteiger partial charge in [0, 0.05) is 4.47 Å². The molecule has 0 aromatic heterocycles. The van der Waals surface area contributed by atoms with Crippen LogP contribution in [-0.4, -0.2) is 8.07 Å². The predicted molar refractivity (Wildman–Crippen MR) is 143 cm³/mol. The summed E-state index contributed by atoms with van der Waals surface area (Å²) >= 11 is 3.35. The van der Waals surface area contributed by atoms with Crippen molar-refractivity contribution < 1.29 is 12.3 Å². The second-order valence-corrected chi connectivity index (χ2v) is 11.8. The molecule has 0 spiro atoms. The second-order valence-electron chi connectivity index (χ2n) is 7.25. The maximum absolute atomic E-state index is 9.18. The standard InChI is InChI=1S/C30H23BrSi/c31-26-15-11-21-30(23-26)32(27-16-6-2-7-17-27,28-18-8-3-9-19-28)29-20-10-14-25(22-29)24-12-4-1-5-13-24/h1-23H/i1D,4D,5D,11D,12D,13D,15D,21D,23D. The fraction of sp³-hybridized carbons (Fsp3) is 0. The molecule has 154 valence electrons. The highest BCUT2D eigenvalue weighted by molar-refractivity contribution is 9.10. The van der Waals surface area contributed by atoms with Crippen molar-refractivity contribution in [3.05, 3.63) is 144 Å². The number of rotatable bonds is 5. The topological polar surface area (TPSA) is 0 Å². The highest BCUT2D eigenvalue weighted by Gasteiger charge is 2.41. The van der Waals surface area contributed by atoms with Crippen LogP contribution in [0.4, 0.5) is 0 Å². The minimum Gasteiger partial charge on any atom is -0.0623 e. The maximum Gasteiger partial charge on any atom is 0.179 e.